The summed E-state index contributed by atoms with van der Waals surface area (Å²) in [5.74, 6) is -0.638. The van der Waals surface area contributed by atoms with Gasteiger partial charge < -0.3 is 15.7 Å². The van der Waals surface area contributed by atoms with Gasteiger partial charge in [0, 0.05) is 5.69 Å². The molecule has 0 aliphatic rings. The van der Waals surface area contributed by atoms with Crippen LogP contribution in [0.1, 0.15) is 51.5 Å². The van der Waals surface area contributed by atoms with Gasteiger partial charge in [0.15, 0.2) is 0 Å². The van der Waals surface area contributed by atoms with Gasteiger partial charge in [-0.05, 0) is 30.0 Å². The smallest absolute Gasteiger partial charge is 0.326 e. The van der Waals surface area contributed by atoms with Crippen LogP contribution < -0.4 is 10.6 Å². The second-order valence-electron chi connectivity index (χ2n) is 5.41. The lowest BCUT2D eigenvalue weighted by Gasteiger charge is -2.15. The van der Waals surface area contributed by atoms with E-state index in [0.29, 0.717) is 18.0 Å². The Labute approximate surface area is 125 Å². The van der Waals surface area contributed by atoms with Crippen molar-refractivity contribution in [2.24, 2.45) is 0 Å². The first-order valence-electron chi connectivity index (χ1n) is 7.34. The lowest BCUT2D eigenvalue weighted by Crippen LogP contribution is -2.42. The topological polar surface area (TPSA) is 78.4 Å². The number of carboxylic acid groups (broad SMARTS) is 1. The third-order valence-corrected chi connectivity index (χ3v) is 3.26. The van der Waals surface area contributed by atoms with Gasteiger partial charge >= 0.3 is 12.0 Å². The minimum Gasteiger partial charge on any atom is -0.480 e. The molecule has 0 radical (unpaired) electrons. The number of nitrogens with one attached hydrogen (secondary N) is 2. The maximum atomic E-state index is 11.9. The number of urea groups is 1. The van der Waals surface area contributed by atoms with Crippen LogP contribution in [0.25, 0.3) is 0 Å². The molecule has 3 N–H and O–H groups in total. The van der Waals surface area contributed by atoms with Crippen molar-refractivity contribution >= 4 is 17.7 Å². The Hall–Kier alpha value is -2.04. The van der Waals surface area contributed by atoms with Crippen LogP contribution >= 0.6 is 0 Å². The zero-order valence-corrected chi connectivity index (χ0v) is 12.8. The first kappa shape index (κ1) is 17.0. The molecule has 21 heavy (non-hydrogen) atoms. The van der Waals surface area contributed by atoms with Crippen LogP contribution in [0.5, 0.6) is 0 Å². The molecule has 1 atom stereocenters. The van der Waals surface area contributed by atoms with E-state index in [1.165, 1.54) is 0 Å². The molecule has 1 aromatic rings. The number of hydrogen-bond acceptors (Lipinski definition) is 2. The fourth-order valence-corrected chi connectivity index (χ4v) is 1.97. The van der Waals surface area contributed by atoms with Crippen LogP contribution in [0.15, 0.2) is 24.3 Å². The van der Waals surface area contributed by atoms with Gasteiger partial charge in [0.1, 0.15) is 6.04 Å². The zero-order chi connectivity index (χ0) is 15.8. The Morgan fingerprint density at radius 3 is 2.57 bits per heavy atom. The molecule has 0 fully saturated rings. The second kappa shape index (κ2) is 8.29. The number of carbonyl (C=O) groups is 2. The number of rotatable bonds is 7. The van der Waals surface area contributed by atoms with E-state index in [-0.39, 0.29) is 0 Å². The molecule has 0 bridgehead atoms. The number of amides is 2. The molecule has 0 saturated carbocycles. The van der Waals surface area contributed by atoms with Crippen molar-refractivity contribution in [1.82, 2.24) is 5.32 Å². The predicted molar refractivity (Wildman–Crippen MR) is 83.6 cm³/mol. The average Bonchev–Trinajstić information content (AvgIpc) is 2.43. The molecule has 1 unspecified atom stereocenters. The minimum atomic E-state index is -1.01. The molecule has 0 aliphatic heterocycles. The van der Waals surface area contributed by atoms with E-state index < -0.39 is 18.0 Å². The van der Waals surface area contributed by atoms with E-state index >= 15 is 0 Å². The van der Waals surface area contributed by atoms with Crippen molar-refractivity contribution in [1.29, 1.82) is 0 Å². The first-order valence-corrected chi connectivity index (χ1v) is 7.34. The van der Waals surface area contributed by atoms with Gasteiger partial charge in [-0.15, -0.1) is 0 Å². The van der Waals surface area contributed by atoms with E-state index in [1.54, 1.807) is 6.07 Å². The van der Waals surface area contributed by atoms with Gasteiger partial charge in [-0.25, -0.2) is 9.59 Å². The highest BCUT2D eigenvalue weighted by molar-refractivity contribution is 5.92. The number of carbonyl (C=O) groups excluding carboxylic acids is 1. The summed E-state index contributed by atoms with van der Waals surface area (Å²) in [6, 6.07) is 6.21. The summed E-state index contributed by atoms with van der Waals surface area (Å²) in [5, 5.41) is 14.3. The molecule has 0 spiro atoms. The Morgan fingerprint density at radius 2 is 2.00 bits per heavy atom. The van der Waals surface area contributed by atoms with Crippen molar-refractivity contribution in [3.8, 4) is 0 Å². The molecule has 5 heteroatoms. The summed E-state index contributed by atoms with van der Waals surface area (Å²) in [6.07, 6.45) is 2.09. The minimum absolute atomic E-state index is 0.367. The monoisotopic (exact) mass is 292 g/mol. The van der Waals surface area contributed by atoms with E-state index in [9.17, 15) is 9.59 Å². The van der Waals surface area contributed by atoms with Crippen LogP contribution in [-0.4, -0.2) is 23.1 Å². The number of aliphatic carboxylic acids is 1. The maximum absolute atomic E-state index is 11.9. The van der Waals surface area contributed by atoms with E-state index in [1.807, 2.05) is 25.1 Å². The fourth-order valence-electron chi connectivity index (χ4n) is 1.97. The summed E-state index contributed by atoms with van der Waals surface area (Å²) in [7, 11) is 0. The van der Waals surface area contributed by atoms with Gasteiger partial charge in [-0.2, -0.15) is 0 Å². The molecular weight excluding hydrogens is 268 g/mol. The summed E-state index contributed by atoms with van der Waals surface area (Å²) in [4.78, 5) is 23.0. The zero-order valence-electron chi connectivity index (χ0n) is 12.8. The molecule has 5 nitrogen and oxygen atoms in total. The Balaban J connectivity index is 2.63. The molecule has 0 saturated heterocycles. The van der Waals surface area contributed by atoms with Crippen LogP contribution in [0, 0.1) is 0 Å². The first-order chi connectivity index (χ1) is 9.93. The molecular formula is C16H24N2O3. The summed E-state index contributed by atoms with van der Waals surface area (Å²) in [5.41, 5.74) is 1.78. The van der Waals surface area contributed by atoms with Gasteiger partial charge in [0.2, 0.25) is 0 Å². The predicted octanol–water partition coefficient (Wildman–Crippen LogP) is 3.57. The Morgan fingerprint density at radius 1 is 1.29 bits per heavy atom. The standard InChI is InChI=1S/C16H24N2O3/c1-4-5-9-14(15(19)20)18-16(21)17-13-8-6-7-12(10-13)11(2)3/h6-8,10-11,14H,4-5,9H2,1-3H3,(H,19,20)(H2,17,18,21). The van der Waals surface area contributed by atoms with Crippen LogP contribution in [0.2, 0.25) is 0 Å². The molecule has 0 aromatic heterocycles. The lowest BCUT2D eigenvalue weighted by molar-refractivity contribution is -0.139. The molecule has 0 heterocycles. The summed E-state index contributed by atoms with van der Waals surface area (Å²) in [6.45, 7) is 6.13. The average molecular weight is 292 g/mol. The van der Waals surface area contributed by atoms with E-state index in [4.69, 9.17) is 5.11 Å². The number of hydrogen-bond donors (Lipinski definition) is 3. The quantitative estimate of drug-likeness (QED) is 0.718. The fraction of sp³-hybridized carbons (Fsp3) is 0.500. The van der Waals surface area contributed by atoms with Crippen LogP contribution in [0.4, 0.5) is 10.5 Å². The molecule has 1 rings (SSSR count). The van der Waals surface area contributed by atoms with Gasteiger partial charge in [0.25, 0.3) is 0 Å². The van der Waals surface area contributed by atoms with E-state index in [0.717, 1.165) is 18.4 Å². The highest BCUT2D eigenvalue weighted by atomic mass is 16.4. The highest BCUT2D eigenvalue weighted by Crippen LogP contribution is 2.18. The number of carboxylic acids is 1. The molecule has 116 valence electrons. The molecule has 2 amide bonds. The van der Waals surface area contributed by atoms with Crippen molar-refractivity contribution in [3.63, 3.8) is 0 Å². The van der Waals surface area contributed by atoms with Crippen molar-refractivity contribution < 1.29 is 14.7 Å². The van der Waals surface area contributed by atoms with Crippen LogP contribution in [0.3, 0.4) is 0 Å². The van der Waals surface area contributed by atoms with Crippen LogP contribution in [-0.2, 0) is 4.79 Å². The SMILES string of the molecule is CCCCC(NC(=O)Nc1cccc(C(C)C)c1)C(=O)O. The summed E-state index contributed by atoms with van der Waals surface area (Å²) >= 11 is 0. The number of anilines is 1. The molecule has 0 aliphatic carbocycles. The lowest BCUT2D eigenvalue weighted by atomic mass is 10.0. The highest BCUT2D eigenvalue weighted by Gasteiger charge is 2.19. The third-order valence-electron chi connectivity index (χ3n) is 3.26. The number of unbranched alkanes of at least 4 members (excludes halogenated alkanes) is 1. The Bertz CT molecular complexity index is 486. The molecule has 1 aromatic carbocycles. The number of benzene rings is 1. The third kappa shape index (κ3) is 5.85. The second-order valence-corrected chi connectivity index (χ2v) is 5.41. The van der Waals surface area contributed by atoms with Gasteiger partial charge in [-0.3, -0.25) is 0 Å². The maximum Gasteiger partial charge on any atom is 0.326 e. The summed E-state index contributed by atoms with van der Waals surface area (Å²) < 4.78 is 0. The van der Waals surface area contributed by atoms with Crippen molar-refractivity contribution in [2.75, 3.05) is 5.32 Å². The van der Waals surface area contributed by atoms with Gasteiger partial charge in [-0.1, -0.05) is 45.7 Å². The van der Waals surface area contributed by atoms with Crippen molar-refractivity contribution in [2.45, 2.75) is 52.0 Å². The van der Waals surface area contributed by atoms with Gasteiger partial charge in [0.05, 0.1) is 0 Å². The van der Waals surface area contributed by atoms with E-state index in [2.05, 4.69) is 24.5 Å². The van der Waals surface area contributed by atoms with Crippen molar-refractivity contribution in [3.05, 3.63) is 29.8 Å². The Kier molecular flexibility index (Phi) is 6.72. The largest absolute Gasteiger partial charge is 0.480 e. The normalized spacial score (nSPS) is 12.0.